The number of nitrogens with zero attached hydrogens (tertiary/aromatic N) is 1. The lowest BCUT2D eigenvalue weighted by atomic mass is 9.90. The molecule has 0 bridgehead atoms. The molecular weight excluding hydrogens is 260 g/mol. The van der Waals surface area contributed by atoms with Gasteiger partial charge < -0.3 is 5.32 Å². The van der Waals surface area contributed by atoms with E-state index in [-0.39, 0.29) is 11.8 Å². The molecule has 0 aliphatic rings. The molecule has 2 rings (SSSR count). The van der Waals surface area contributed by atoms with Gasteiger partial charge in [-0.25, -0.2) is 0 Å². The van der Waals surface area contributed by atoms with Crippen molar-refractivity contribution >= 4 is 11.6 Å². The maximum Gasteiger partial charge on any atom is 0.231 e. The van der Waals surface area contributed by atoms with Crippen LogP contribution >= 0.6 is 0 Å². The molecule has 0 saturated carbocycles. The molecule has 2 aromatic rings. The van der Waals surface area contributed by atoms with Gasteiger partial charge in [0.1, 0.15) is 0 Å². The number of amides is 1. The van der Waals surface area contributed by atoms with Crippen molar-refractivity contribution in [2.75, 3.05) is 5.32 Å². The van der Waals surface area contributed by atoms with Crippen molar-refractivity contribution < 1.29 is 4.79 Å². The van der Waals surface area contributed by atoms with Crippen LogP contribution in [0.1, 0.15) is 37.8 Å². The van der Waals surface area contributed by atoms with E-state index in [1.165, 1.54) is 5.56 Å². The molecule has 0 spiro atoms. The van der Waals surface area contributed by atoms with Gasteiger partial charge in [0, 0.05) is 18.1 Å². The fraction of sp³-hybridized carbons (Fsp3) is 0.333. The Labute approximate surface area is 126 Å². The Morgan fingerprint density at radius 1 is 1.10 bits per heavy atom. The van der Waals surface area contributed by atoms with E-state index in [2.05, 4.69) is 36.3 Å². The minimum Gasteiger partial charge on any atom is -0.325 e. The number of benzene rings is 1. The molecule has 0 aliphatic heterocycles. The van der Waals surface area contributed by atoms with Crippen molar-refractivity contribution in [3.63, 3.8) is 0 Å². The Balaban J connectivity index is 2.16. The van der Waals surface area contributed by atoms with Crippen molar-refractivity contribution in [3.05, 3.63) is 59.9 Å². The van der Waals surface area contributed by atoms with Crippen LogP contribution < -0.4 is 5.32 Å². The summed E-state index contributed by atoms with van der Waals surface area (Å²) in [5, 5.41) is 2.94. The molecule has 110 valence electrons. The first-order valence-corrected chi connectivity index (χ1v) is 7.36. The van der Waals surface area contributed by atoms with Gasteiger partial charge in [-0.3, -0.25) is 9.78 Å². The number of hydrogen-bond acceptors (Lipinski definition) is 2. The van der Waals surface area contributed by atoms with E-state index in [1.807, 2.05) is 19.1 Å². The van der Waals surface area contributed by atoms with E-state index < -0.39 is 0 Å². The minimum atomic E-state index is -0.173. The third-order valence-corrected chi connectivity index (χ3v) is 3.49. The molecule has 0 aliphatic carbocycles. The average Bonchev–Trinajstić information content (AvgIpc) is 2.47. The smallest absolute Gasteiger partial charge is 0.231 e. The Kier molecular flexibility index (Phi) is 5.09. The number of rotatable bonds is 5. The van der Waals surface area contributed by atoms with Gasteiger partial charge in [0.2, 0.25) is 5.91 Å². The van der Waals surface area contributed by atoms with E-state index in [0.717, 1.165) is 17.7 Å². The lowest BCUT2D eigenvalue weighted by Gasteiger charge is -2.17. The van der Waals surface area contributed by atoms with Crippen LogP contribution in [0.3, 0.4) is 0 Å². The van der Waals surface area contributed by atoms with Crippen LogP contribution in [0, 0.1) is 5.92 Å². The quantitative estimate of drug-likeness (QED) is 0.900. The Hall–Kier alpha value is -2.16. The third-order valence-electron chi connectivity index (χ3n) is 3.49. The second-order valence-electron chi connectivity index (χ2n) is 5.74. The zero-order valence-electron chi connectivity index (χ0n) is 12.8. The summed E-state index contributed by atoms with van der Waals surface area (Å²) in [5.41, 5.74) is 3.14. The molecule has 3 nitrogen and oxygen atoms in total. The SMILES string of the molecule is CC(C)Cc1ccccc1[C@@H](C)C(=O)Nc1ccncc1. The van der Waals surface area contributed by atoms with E-state index in [9.17, 15) is 4.79 Å². The second-order valence-corrected chi connectivity index (χ2v) is 5.74. The molecule has 21 heavy (non-hydrogen) atoms. The van der Waals surface area contributed by atoms with Crippen LogP contribution in [0.2, 0.25) is 0 Å². The number of anilines is 1. The summed E-state index contributed by atoms with van der Waals surface area (Å²) in [5.74, 6) is 0.409. The largest absolute Gasteiger partial charge is 0.325 e. The van der Waals surface area contributed by atoms with Crippen molar-refractivity contribution in [3.8, 4) is 0 Å². The van der Waals surface area contributed by atoms with Crippen LogP contribution in [-0.2, 0) is 11.2 Å². The molecule has 0 fully saturated rings. The van der Waals surface area contributed by atoms with E-state index in [1.54, 1.807) is 24.5 Å². The zero-order valence-corrected chi connectivity index (χ0v) is 12.8. The normalized spacial score (nSPS) is 12.2. The van der Waals surface area contributed by atoms with Gasteiger partial charge in [0.15, 0.2) is 0 Å². The highest BCUT2D eigenvalue weighted by molar-refractivity contribution is 5.95. The fourth-order valence-electron chi connectivity index (χ4n) is 2.41. The number of pyridine rings is 1. The molecule has 1 heterocycles. The van der Waals surface area contributed by atoms with Gasteiger partial charge in [-0.2, -0.15) is 0 Å². The molecule has 3 heteroatoms. The monoisotopic (exact) mass is 282 g/mol. The molecule has 1 atom stereocenters. The van der Waals surface area contributed by atoms with Gasteiger partial charge in [-0.15, -0.1) is 0 Å². The lowest BCUT2D eigenvalue weighted by molar-refractivity contribution is -0.117. The number of hydrogen-bond donors (Lipinski definition) is 1. The van der Waals surface area contributed by atoms with E-state index in [0.29, 0.717) is 5.92 Å². The van der Waals surface area contributed by atoms with Crippen LogP contribution in [0.15, 0.2) is 48.8 Å². The van der Waals surface area contributed by atoms with Crippen LogP contribution in [0.4, 0.5) is 5.69 Å². The predicted molar refractivity (Wildman–Crippen MR) is 86.3 cm³/mol. The molecule has 0 radical (unpaired) electrons. The van der Waals surface area contributed by atoms with Crippen LogP contribution in [0.25, 0.3) is 0 Å². The summed E-state index contributed by atoms with van der Waals surface area (Å²) in [7, 11) is 0. The zero-order chi connectivity index (χ0) is 15.2. The van der Waals surface area contributed by atoms with Crippen molar-refractivity contribution in [2.45, 2.75) is 33.1 Å². The third kappa shape index (κ3) is 4.15. The van der Waals surface area contributed by atoms with Gasteiger partial charge >= 0.3 is 0 Å². The summed E-state index contributed by atoms with van der Waals surface area (Å²) in [6, 6.07) is 11.8. The summed E-state index contributed by atoms with van der Waals surface area (Å²) in [6.07, 6.45) is 4.34. The second kappa shape index (κ2) is 7.02. The fourth-order valence-corrected chi connectivity index (χ4v) is 2.41. The first kappa shape index (κ1) is 15.2. The molecule has 1 aromatic carbocycles. The van der Waals surface area contributed by atoms with Crippen LogP contribution in [0.5, 0.6) is 0 Å². The molecule has 1 N–H and O–H groups in total. The molecule has 0 unspecified atom stereocenters. The Morgan fingerprint density at radius 3 is 2.43 bits per heavy atom. The van der Waals surface area contributed by atoms with E-state index in [4.69, 9.17) is 0 Å². The summed E-state index contributed by atoms with van der Waals surface area (Å²) in [6.45, 7) is 6.34. The topological polar surface area (TPSA) is 42.0 Å². The maximum atomic E-state index is 12.4. The van der Waals surface area contributed by atoms with Gasteiger partial charge in [-0.05, 0) is 42.5 Å². The minimum absolute atomic E-state index is 0.0115. The number of carbonyl (C=O) groups is 1. The lowest BCUT2D eigenvalue weighted by Crippen LogP contribution is -2.20. The highest BCUT2D eigenvalue weighted by atomic mass is 16.1. The number of carbonyl (C=O) groups excluding carboxylic acids is 1. The first-order valence-electron chi connectivity index (χ1n) is 7.36. The summed E-state index contributed by atoms with van der Waals surface area (Å²) < 4.78 is 0. The van der Waals surface area contributed by atoms with Crippen LogP contribution in [-0.4, -0.2) is 10.9 Å². The highest BCUT2D eigenvalue weighted by Gasteiger charge is 2.18. The van der Waals surface area contributed by atoms with Crippen molar-refractivity contribution in [1.29, 1.82) is 0 Å². The average molecular weight is 282 g/mol. The van der Waals surface area contributed by atoms with Gasteiger partial charge in [-0.1, -0.05) is 38.1 Å². The maximum absolute atomic E-state index is 12.4. The summed E-state index contributed by atoms with van der Waals surface area (Å²) in [4.78, 5) is 16.4. The van der Waals surface area contributed by atoms with Crippen molar-refractivity contribution in [1.82, 2.24) is 4.98 Å². The molecular formula is C18H22N2O. The Bertz CT molecular complexity index is 593. The number of aromatic nitrogens is 1. The van der Waals surface area contributed by atoms with Crippen molar-refractivity contribution in [2.24, 2.45) is 5.92 Å². The molecule has 0 saturated heterocycles. The standard InChI is InChI=1S/C18H22N2O/c1-13(2)12-15-6-4-5-7-17(15)14(3)18(21)20-16-8-10-19-11-9-16/h4-11,13-14H,12H2,1-3H3,(H,19,20,21)/t14-/m1/s1. The first-order chi connectivity index (χ1) is 10.1. The van der Waals surface area contributed by atoms with E-state index >= 15 is 0 Å². The number of nitrogens with one attached hydrogen (secondary N) is 1. The molecule has 1 amide bonds. The highest BCUT2D eigenvalue weighted by Crippen LogP contribution is 2.23. The predicted octanol–water partition coefficient (Wildman–Crippen LogP) is 4.02. The van der Waals surface area contributed by atoms with Gasteiger partial charge in [0.25, 0.3) is 0 Å². The molecule has 1 aromatic heterocycles. The Morgan fingerprint density at radius 2 is 1.76 bits per heavy atom. The summed E-state index contributed by atoms with van der Waals surface area (Å²) >= 11 is 0. The van der Waals surface area contributed by atoms with Gasteiger partial charge in [0.05, 0.1) is 5.92 Å².